The summed E-state index contributed by atoms with van der Waals surface area (Å²) in [5.74, 6) is -0.0572. The fourth-order valence-electron chi connectivity index (χ4n) is 4.58. The van der Waals surface area contributed by atoms with Gasteiger partial charge in [0.25, 0.3) is 36.6 Å². The van der Waals surface area contributed by atoms with E-state index in [1.165, 1.54) is 31.9 Å². The third kappa shape index (κ3) is 10.5. The van der Waals surface area contributed by atoms with Gasteiger partial charge < -0.3 is 34.9 Å². The molecule has 0 aromatic carbocycles. The summed E-state index contributed by atoms with van der Waals surface area (Å²) < 4.78 is 148. The van der Waals surface area contributed by atoms with E-state index in [0.29, 0.717) is 29.7 Å². The van der Waals surface area contributed by atoms with E-state index in [1.807, 2.05) is 4.72 Å². The predicted molar refractivity (Wildman–Crippen MR) is 186 cm³/mol. The van der Waals surface area contributed by atoms with Crippen molar-refractivity contribution in [3.05, 3.63) is 59.2 Å². The molecular formula is C28H27ClF6N12O10S2. The second kappa shape index (κ2) is 17.8. The lowest BCUT2D eigenvalue weighted by molar-refractivity contribution is -0.140. The lowest BCUT2D eigenvalue weighted by atomic mass is 10.2. The van der Waals surface area contributed by atoms with Gasteiger partial charge in [0.05, 0.1) is 70.2 Å². The molecule has 22 nitrogen and oxygen atoms in total. The van der Waals surface area contributed by atoms with Gasteiger partial charge in [-0.25, -0.2) is 31.5 Å². The molecule has 31 heteroatoms. The monoisotopic (exact) mass is 904 g/mol. The number of methoxy groups -OCH3 is 4. The van der Waals surface area contributed by atoms with E-state index in [2.05, 4.69) is 44.8 Å². The van der Waals surface area contributed by atoms with Crippen LogP contribution in [0.2, 0.25) is 0 Å². The number of aliphatic hydroxyl groups excluding tert-OH is 2. The van der Waals surface area contributed by atoms with E-state index in [4.69, 9.17) is 30.6 Å². The summed E-state index contributed by atoms with van der Waals surface area (Å²) in [4.78, 5) is 20.0. The molecule has 0 radical (unpaired) electrons. The lowest BCUT2D eigenvalue weighted by Gasteiger charge is -2.15. The molecule has 0 spiro atoms. The van der Waals surface area contributed by atoms with E-state index in [9.17, 15) is 53.4 Å². The molecular weight excluding hydrogens is 878 g/mol. The minimum Gasteiger partial charge on any atom is -0.481 e. The van der Waals surface area contributed by atoms with Crippen LogP contribution in [-0.2, 0) is 44.6 Å². The number of alkyl halides is 6. The lowest BCUT2D eigenvalue weighted by Crippen LogP contribution is -2.22. The van der Waals surface area contributed by atoms with Gasteiger partial charge in [-0.2, -0.15) is 50.3 Å². The van der Waals surface area contributed by atoms with Crippen LogP contribution in [0.15, 0.2) is 46.5 Å². The van der Waals surface area contributed by atoms with Crippen LogP contribution in [0.4, 0.5) is 38.2 Å². The van der Waals surface area contributed by atoms with Gasteiger partial charge >= 0.3 is 12.4 Å². The van der Waals surface area contributed by atoms with Crippen molar-refractivity contribution in [1.29, 1.82) is 0 Å². The first kappa shape index (κ1) is 45.6. The van der Waals surface area contributed by atoms with Crippen molar-refractivity contribution in [3.63, 3.8) is 0 Å². The van der Waals surface area contributed by atoms with Crippen LogP contribution in [0.5, 0.6) is 23.5 Å². The Balaban J connectivity index is 0.000000216. The van der Waals surface area contributed by atoms with Crippen LogP contribution in [0.25, 0.3) is 11.6 Å². The molecule has 59 heavy (non-hydrogen) atoms. The first-order chi connectivity index (χ1) is 27.5. The number of nitrogens with zero attached hydrogens (tertiary/aromatic N) is 10. The molecule has 0 saturated heterocycles. The SMILES string of the molecule is COc1cc(CO)nc2nc(NS(=O)(=O)c3c(C(F)(F)F)ccnc3CO)nn12.COc1cc(OC)n2nc(N)nc2n1.COc1nccc(C(F)(F)F)c1S(=O)(=O)Cl. The zero-order valence-corrected chi connectivity index (χ0v) is 32.4. The van der Waals surface area contributed by atoms with Crippen LogP contribution >= 0.6 is 10.7 Å². The van der Waals surface area contributed by atoms with Crippen LogP contribution in [-0.4, -0.2) is 105 Å². The molecule has 6 aromatic heterocycles. The first-order valence-corrected chi connectivity index (χ1v) is 19.1. The molecule has 0 bridgehead atoms. The summed E-state index contributed by atoms with van der Waals surface area (Å²) in [6.45, 7) is -1.51. The van der Waals surface area contributed by atoms with Crippen molar-refractivity contribution >= 4 is 53.2 Å². The van der Waals surface area contributed by atoms with Crippen molar-refractivity contribution in [3.8, 4) is 23.5 Å². The summed E-state index contributed by atoms with van der Waals surface area (Å²) in [6, 6.07) is 3.90. The number of aliphatic hydroxyl groups is 2. The quantitative estimate of drug-likeness (QED) is 0.113. The Labute approximate surface area is 331 Å². The molecule has 0 fully saturated rings. The molecule has 0 aliphatic carbocycles. The topological polar surface area (TPSA) is 296 Å². The van der Waals surface area contributed by atoms with E-state index in [-0.39, 0.29) is 23.3 Å². The molecule has 320 valence electrons. The van der Waals surface area contributed by atoms with Crippen molar-refractivity contribution in [2.75, 3.05) is 38.9 Å². The fourth-order valence-corrected chi connectivity index (χ4v) is 7.15. The minimum atomic E-state index is -5.02. The molecule has 6 heterocycles. The summed E-state index contributed by atoms with van der Waals surface area (Å²) >= 11 is 0. The van der Waals surface area contributed by atoms with Crippen molar-refractivity contribution in [1.82, 2.24) is 49.1 Å². The van der Waals surface area contributed by atoms with Crippen LogP contribution in [0, 0.1) is 0 Å². The maximum atomic E-state index is 13.3. The highest BCUT2D eigenvalue weighted by Gasteiger charge is 2.40. The summed E-state index contributed by atoms with van der Waals surface area (Å²) in [6.07, 6.45) is -8.35. The van der Waals surface area contributed by atoms with Gasteiger partial charge in [-0.05, 0) is 12.1 Å². The average Bonchev–Trinajstić information content (AvgIpc) is 3.77. The number of hydrogen-bond acceptors (Lipinski definition) is 19. The van der Waals surface area contributed by atoms with E-state index in [1.54, 1.807) is 6.07 Å². The van der Waals surface area contributed by atoms with Gasteiger partial charge in [-0.15, -0.1) is 10.2 Å². The van der Waals surface area contributed by atoms with Gasteiger partial charge in [-0.3, -0.25) is 4.98 Å². The Bertz CT molecular complexity index is 2690. The molecule has 6 aromatic rings. The molecule has 0 amide bonds. The summed E-state index contributed by atoms with van der Waals surface area (Å²) in [5, 5.41) is 26.2. The van der Waals surface area contributed by atoms with Gasteiger partial charge in [0.15, 0.2) is 4.90 Å². The Morgan fingerprint density at radius 1 is 0.746 bits per heavy atom. The standard InChI is InChI=1S/C14H13F3N6O5S.C7H5ClF3NO3S.C7H9N5O2/c1-28-10-4-7(5-24)19-13-20-12(21-23(10)13)22-29(26,27)11-8(14(15,16)17)2-3-18-9(11)6-25;1-15-6-5(16(8,13)14)4(2-3-12-6)7(9,10)11;1-13-4-3-5(14-2)12-7(9-4)10-6(8)11-12/h2-4,24-25H,5-6H2,1H3,(H,21,22);2-3H,1H3;3H,1-2H3,(H2,8,11). The Morgan fingerprint density at radius 2 is 1.31 bits per heavy atom. The van der Waals surface area contributed by atoms with Crippen LogP contribution < -0.4 is 29.4 Å². The smallest absolute Gasteiger partial charge is 0.417 e. The number of hydrogen-bond donors (Lipinski definition) is 4. The number of fused-ring (bicyclic) bond motifs is 2. The number of pyridine rings is 2. The molecule has 5 N–H and O–H groups in total. The number of nitrogens with one attached hydrogen (secondary N) is 1. The molecule has 0 saturated carbocycles. The number of anilines is 2. The van der Waals surface area contributed by atoms with E-state index in [0.717, 1.165) is 24.0 Å². The molecule has 0 unspecified atom stereocenters. The number of aromatic nitrogens is 10. The largest absolute Gasteiger partial charge is 0.481 e. The highest BCUT2D eigenvalue weighted by Crippen LogP contribution is 2.39. The summed E-state index contributed by atoms with van der Waals surface area (Å²) in [5.41, 5.74) is 1.95. The zero-order valence-electron chi connectivity index (χ0n) is 30.1. The summed E-state index contributed by atoms with van der Waals surface area (Å²) in [7, 11) is 0.714. The normalized spacial score (nSPS) is 11.9. The fraction of sp³-hybridized carbons (Fsp3) is 0.286. The second-order valence-corrected chi connectivity index (χ2v) is 14.8. The third-order valence-electron chi connectivity index (χ3n) is 6.94. The van der Waals surface area contributed by atoms with E-state index >= 15 is 0 Å². The maximum Gasteiger partial charge on any atom is 0.417 e. The maximum absolute atomic E-state index is 13.3. The average molecular weight is 905 g/mol. The second-order valence-electron chi connectivity index (χ2n) is 10.6. The zero-order chi connectivity index (χ0) is 44.1. The predicted octanol–water partition coefficient (Wildman–Crippen LogP) is 2.09. The van der Waals surface area contributed by atoms with Crippen molar-refractivity contribution in [2.24, 2.45) is 0 Å². The first-order valence-electron chi connectivity index (χ1n) is 15.3. The molecule has 6 rings (SSSR count). The number of nitrogen functional groups attached to an aromatic ring is 1. The highest BCUT2D eigenvalue weighted by molar-refractivity contribution is 8.13. The molecule has 0 aliphatic heterocycles. The highest BCUT2D eigenvalue weighted by atomic mass is 35.7. The van der Waals surface area contributed by atoms with Crippen LogP contribution in [0.3, 0.4) is 0 Å². The number of halogens is 7. The van der Waals surface area contributed by atoms with Gasteiger partial charge in [0, 0.05) is 29.1 Å². The Kier molecular flexibility index (Phi) is 13.8. The molecule has 0 atom stereocenters. The van der Waals surface area contributed by atoms with Crippen molar-refractivity contribution < 1.29 is 72.3 Å². The van der Waals surface area contributed by atoms with Crippen LogP contribution in [0.1, 0.15) is 22.5 Å². The minimum absolute atomic E-state index is 0.0467. The number of sulfonamides is 1. The molecule has 0 aliphatic rings. The Morgan fingerprint density at radius 3 is 1.83 bits per heavy atom. The van der Waals surface area contributed by atoms with Gasteiger partial charge in [0.1, 0.15) is 4.90 Å². The van der Waals surface area contributed by atoms with Gasteiger partial charge in [0.2, 0.25) is 29.5 Å². The number of ether oxygens (including phenoxy) is 4. The number of rotatable bonds is 10. The van der Waals surface area contributed by atoms with E-state index < -0.39 is 83.1 Å². The van der Waals surface area contributed by atoms with Crippen molar-refractivity contribution in [2.45, 2.75) is 35.4 Å². The Hall–Kier alpha value is -6.11. The van der Waals surface area contributed by atoms with Gasteiger partial charge in [-0.1, -0.05) is 0 Å². The third-order valence-corrected chi connectivity index (χ3v) is 9.73. The number of nitrogens with two attached hydrogens (primary N) is 1.